The summed E-state index contributed by atoms with van der Waals surface area (Å²) in [6, 6.07) is -0.745. The van der Waals surface area contributed by atoms with Crippen LogP contribution in [0.15, 0.2) is 24.3 Å². The average molecular weight is 846 g/mol. The van der Waals surface area contributed by atoms with Crippen molar-refractivity contribution in [3.63, 3.8) is 0 Å². The van der Waals surface area contributed by atoms with E-state index >= 15 is 0 Å². The number of rotatable bonds is 50. The molecule has 0 fully saturated rings. The van der Waals surface area contributed by atoms with Gasteiger partial charge in [0.25, 0.3) is 0 Å². The van der Waals surface area contributed by atoms with Gasteiger partial charge in [0.1, 0.15) is 0 Å². The van der Waals surface area contributed by atoms with E-state index in [1.165, 1.54) is 244 Å². The molecule has 0 aliphatic rings. The Kier molecular flexibility index (Phi) is 49.5. The van der Waals surface area contributed by atoms with Crippen molar-refractivity contribution < 1.29 is 20.1 Å². The number of aliphatic hydroxyl groups is 3. The topological polar surface area (TPSA) is 89.8 Å². The molecule has 0 spiro atoms. The molecule has 0 rings (SSSR count). The second-order valence-electron chi connectivity index (χ2n) is 18.8. The molecule has 0 heterocycles. The van der Waals surface area contributed by atoms with Gasteiger partial charge in [0.2, 0.25) is 5.91 Å². The maximum atomic E-state index is 12.5. The molecule has 356 valence electrons. The molecular formula is C55H107NO4. The fourth-order valence-electron chi connectivity index (χ4n) is 8.57. The highest BCUT2D eigenvalue weighted by Gasteiger charge is 2.20. The van der Waals surface area contributed by atoms with E-state index in [-0.39, 0.29) is 18.9 Å². The summed E-state index contributed by atoms with van der Waals surface area (Å²) in [6.45, 7) is 4.25. The number of unbranched alkanes of at least 4 members (excludes halogenated alkanes) is 39. The minimum Gasteiger partial charge on any atom is -0.394 e. The van der Waals surface area contributed by atoms with E-state index < -0.39 is 18.2 Å². The van der Waals surface area contributed by atoms with E-state index in [2.05, 4.69) is 31.3 Å². The number of amides is 1. The minimum absolute atomic E-state index is 0.0119. The van der Waals surface area contributed by atoms with E-state index in [1.807, 2.05) is 6.08 Å². The van der Waals surface area contributed by atoms with Crippen LogP contribution >= 0.6 is 0 Å². The van der Waals surface area contributed by atoms with Crippen molar-refractivity contribution in [2.45, 2.75) is 315 Å². The molecule has 1 amide bonds. The molecule has 0 aromatic carbocycles. The van der Waals surface area contributed by atoms with E-state index in [9.17, 15) is 20.1 Å². The molecule has 5 heteroatoms. The Balaban J connectivity index is 3.59. The predicted molar refractivity (Wildman–Crippen MR) is 264 cm³/mol. The van der Waals surface area contributed by atoms with Crippen molar-refractivity contribution in [2.75, 3.05) is 6.61 Å². The summed E-state index contributed by atoms with van der Waals surface area (Å²) in [6.07, 6.45) is 63.5. The van der Waals surface area contributed by atoms with Crippen LogP contribution in [0.4, 0.5) is 0 Å². The van der Waals surface area contributed by atoms with Gasteiger partial charge in [0.05, 0.1) is 31.3 Å². The summed E-state index contributed by atoms with van der Waals surface area (Å²) in [5.74, 6) is -0.315. The van der Waals surface area contributed by atoms with Crippen LogP contribution in [0.2, 0.25) is 0 Å². The lowest BCUT2D eigenvalue weighted by Gasteiger charge is -2.21. The minimum atomic E-state index is -0.930. The molecule has 0 saturated heterocycles. The fraction of sp³-hybridized carbons (Fsp3) is 0.909. The van der Waals surface area contributed by atoms with E-state index in [0.29, 0.717) is 6.42 Å². The van der Waals surface area contributed by atoms with Crippen LogP contribution in [-0.4, -0.2) is 46.1 Å². The maximum Gasteiger partial charge on any atom is 0.222 e. The summed E-state index contributed by atoms with van der Waals surface area (Å²) >= 11 is 0. The average Bonchev–Trinajstić information content (AvgIpc) is 3.24. The van der Waals surface area contributed by atoms with E-state index in [1.54, 1.807) is 6.08 Å². The molecule has 0 radical (unpaired) electrons. The van der Waals surface area contributed by atoms with Crippen LogP contribution in [0.1, 0.15) is 296 Å². The highest BCUT2D eigenvalue weighted by atomic mass is 16.3. The van der Waals surface area contributed by atoms with Gasteiger partial charge in [-0.3, -0.25) is 4.79 Å². The zero-order valence-corrected chi connectivity index (χ0v) is 40.6. The largest absolute Gasteiger partial charge is 0.394 e. The second-order valence-corrected chi connectivity index (χ2v) is 18.8. The van der Waals surface area contributed by atoms with Crippen LogP contribution < -0.4 is 5.32 Å². The number of hydrogen-bond acceptors (Lipinski definition) is 4. The van der Waals surface area contributed by atoms with Gasteiger partial charge in [0.15, 0.2) is 0 Å². The number of hydrogen-bond donors (Lipinski definition) is 4. The third-order valence-corrected chi connectivity index (χ3v) is 12.7. The monoisotopic (exact) mass is 846 g/mol. The lowest BCUT2D eigenvalue weighted by Crippen LogP contribution is -2.45. The Bertz CT molecular complexity index is 890. The standard InChI is InChI=1S/C55H107NO4/c1-3-5-7-9-11-13-15-17-19-21-23-25-27-29-31-33-35-37-39-41-43-45-47-49-54(59)53(51-57)56-55(60)50-52(58)48-46-44-42-40-38-36-34-32-30-28-26-24-22-20-18-16-14-12-10-8-6-4-2/h30,32,47,49,52-54,57-59H,3-29,31,33-46,48,50-51H2,1-2H3,(H,56,60)/b32-30-,49-47+. The number of aliphatic hydroxyl groups excluding tert-OH is 3. The third-order valence-electron chi connectivity index (χ3n) is 12.7. The van der Waals surface area contributed by atoms with Crippen molar-refractivity contribution in [3.8, 4) is 0 Å². The quantitative estimate of drug-likeness (QED) is 0.0363. The van der Waals surface area contributed by atoms with Crippen molar-refractivity contribution in [1.29, 1.82) is 0 Å². The Hall–Kier alpha value is -1.17. The molecule has 3 atom stereocenters. The molecular weight excluding hydrogens is 739 g/mol. The first kappa shape index (κ1) is 58.8. The van der Waals surface area contributed by atoms with Crippen LogP contribution in [-0.2, 0) is 4.79 Å². The van der Waals surface area contributed by atoms with Crippen molar-refractivity contribution in [2.24, 2.45) is 0 Å². The van der Waals surface area contributed by atoms with Crippen LogP contribution in [0.25, 0.3) is 0 Å². The van der Waals surface area contributed by atoms with Crippen molar-refractivity contribution >= 4 is 5.91 Å². The lowest BCUT2D eigenvalue weighted by molar-refractivity contribution is -0.124. The number of nitrogens with one attached hydrogen (secondary N) is 1. The van der Waals surface area contributed by atoms with Crippen LogP contribution in [0.5, 0.6) is 0 Å². The molecule has 0 aromatic rings. The Labute approximate surface area is 375 Å². The zero-order chi connectivity index (χ0) is 43.7. The maximum absolute atomic E-state index is 12.5. The smallest absolute Gasteiger partial charge is 0.222 e. The second kappa shape index (κ2) is 50.5. The summed E-state index contributed by atoms with van der Waals surface area (Å²) in [7, 11) is 0. The van der Waals surface area contributed by atoms with Crippen molar-refractivity contribution in [1.82, 2.24) is 5.32 Å². The Morgan fingerprint density at radius 2 is 0.700 bits per heavy atom. The summed E-state index contributed by atoms with van der Waals surface area (Å²) in [5.41, 5.74) is 0. The fourth-order valence-corrected chi connectivity index (χ4v) is 8.57. The number of carbonyl (C=O) groups excluding carboxylic acids is 1. The van der Waals surface area contributed by atoms with Crippen LogP contribution in [0, 0.1) is 0 Å². The Morgan fingerprint density at radius 3 is 1.02 bits per heavy atom. The highest BCUT2D eigenvalue weighted by molar-refractivity contribution is 5.76. The summed E-state index contributed by atoms with van der Waals surface area (Å²) < 4.78 is 0. The van der Waals surface area contributed by atoms with Gasteiger partial charge in [-0.2, -0.15) is 0 Å². The number of carbonyl (C=O) groups is 1. The lowest BCUT2D eigenvalue weighted by atomic mass is 10.0. The molecule has 3 unspecified atom stereocenters. The van der Waals surface area contributed by atoms with Gasteiger partial charge in [-0.1, -0.05) is 269 Å². The third kappa shape index (κ3) is 46.3. The SMILES string of the molecule is CCCCCCCCCCCCCC/C=C\CCCCCCCCC(O)CC(=O)NC(CO)C(O)/C=C/CCCCCCCCCCCCCCCCCCCCCCC. The first-order chi connectivity index (χ1) is 29.5. The van der Waals surface area contributed by atoms with Gasteiger partial charge in [-0.25, -0.2) is 0 Å². The van der Waals surface area contributed by atoms with Gasteiger partial charge < -0.3 is 20.6 Å². The molecule has 0 aliphatic heterocycles. The number of allylic oxidation sites excluding steroid dienone is 3. The van der Waals surface area contributed by atoms with Gasteiger partial charge in [-0.05, 0) is 44.9 Å². The molecule has 4 N–H and O–H groups in total. The highest BCUT2D eigenvalue weighted by Crippen LogP contribution is 2.17. The predicted octanol–water partition coefficient (Wildman–Crippen LogP) is 16.5. The molecule has 0 saturated carbocycles. The molecule has 0 aliphatic carbocycles. The van der Waals surface area contributed by atoms with Crippen LogP contribution in [0.3, 0.4) is 0 Å². The molecule has 0 aromatic heterocycles. The molecule has 60 heavy (non-hydrogen) atoms. The van der Waals surface area contributed by atoms with Crippen molar-refractivity contribution in [3.05, 3.63) is 24.3 Å². The normalized spacial score (nSPS) is 13.5. The summed E-state index contributed by atoms with van der Waals surface area (Å²) in [4.78, 5) is 12.5. The molecule has 0 bridgehead atoms. The van der Waals surface area contributed by atoms with E-state index in [4.69, 9.17) is 0 Å². The Morgan fingerprint density at radius 1 is 0.417 bits per heavy atom. The molecule has 5 nitrogen and oxygen atoms in total. The van der Waals surface area contributed by atoms with Gasteiger partial charge >= 0.3 is 0 Å². The first-order valence-electron chi connectivity index (χ1n) is 27.1. The van der Waals surface area contributed by atoms with Gasteiger partial charge in [-0.15, -0.1) is 0 Å². The van der Waals surface area contributed by atoms with Gasteiger partial charge in [0, 0.05) is 0 Å². The van der Waals surface area contributed by atoms with E-state index in [0.717, 1.165) is 25.7 Å². The summed E-state index contributed by atoms with van der Waals surface area (Å²) in [5, 5.41) is 33.4. The first-order valence-corrected chi connectivity index (χ1v) is 27.1. The zero-order valence-electron chi connectivity index (χ0n) is 40.6.